The highest BCUT2D eigenvalue weighted by Crippen LogP contribution is 2.34. The van der Waals surface area contributed by atoms with E-state index in [4.69, 9.17) is 11.6 Å². The highest BCUT2D eigenvalue weighted by atomic mass is 35.5. The average Bonchev–Trinajstić information content (AvgIpc) is 2.71. The first-order chi connectivity index (χ1) is 6.31. The molecule has 0 N–H and O–H groups in total. The molecule has 0 unspecified atom stereocenters. The standard InChI is InChI=1S/C10H15ClN2/c1-2-13-10(11)7-9(12-13)8-5-3-4-6-8/h7-8H,2-6H2,1H3. The number of aryl methyl sites for hydroxylation is 1. The molecular weight excluding hydrogens is 184 g/mol. The summed E-state index contributed by atoms with van der Waals surface area (Å²) < 4.78 is 1.87. The predicted octanol–water partition coefficient (Wildman–Crippen LogP) is 3.21. The van der Waals surface area contributed by atoms with E-state index in [1.807, 2.05) is 10.7 Å². The largest absolute Gasteiger partial charge is 0.254 e. The Hall–Kier alpha value is -0.500. The predicted molar refractivity (Wildman–Crippen MR) is 54.1 cm³/mol. The van der Waals surface area contributed by atoms with Crippen molar-refractivity contribution in [2.75, 3.05) is 0 Å². The summed E-state index contributed by atoms with van der Waals surface area (Å²) in [6.07, 6.45) is 5.27. The van der Waals surface area contributed by atoms with Gasteiger partial charge in [0.15, 0.2) is 0 Å². The first-order valence-corrected chi connectivity index (χ1v) is 5.42. The minimum Gasteiger partial charge on any atom is -0.254 e. The summed E-state index contributed by atoms with van der Waals surface area (Å²) in [5.74, 6) is 0.672. The van der Waals surface area contributed by atoms with E-state index in [9.17, 15) is 0 Å². The van der Waals surface area contributed by atoms with Gasteiger partial charge >= 0.3 is 0 Å². The molecule has 3 heteroatoms. The van der Waals surface area contributed by atoms with Crippen molar-refractivity contribution in [1.82, 2.24) is 9.78 Å². The Morgan fingerprint density at radius 1 is 1.54 bits per heavy atom. The van der Waals surface area contributed by atoms with Gasteiger partial charge in [0, 0.05) is 12.5 Å². The molecule has 0 amide bonds. The van der Waals surface area contributed by atoms with E-state index in [0.717, 1.165) is 11.7 Å². The van der Waals surface area contributed by atoms with Crippen LogP contribution in [0.5, 0.6) is 0 Å². The van der Waals surface area contributed by atoms with Crippen LogP contribution in [0.4, 0.5) is 0 Å². The maximum atomic E-state index is 6.02. The van der Waals surface area contributed by atoms with E-state index in [2.05, 4.69) is 12.0 Å². The summed E-state index contributed by atoms with van der Waals surface area (Å²) in [5, 5.41) is 5.28. The Morgan fingerprint density at radius 3 is 2.77 bits per heavy atom. The molecule has 72 valence electrons. The summed E-state index contributed by atoms with van der Waals surface area (Å²) in [6, 6.07) is 2.03. The lowest BCUT2D eigenvalue weighted by Gasteiger charge is -2.03. The van der Waals surface area contributed by atoms with Crippen molar-refractivity contribution in [2.24, 2.45) is 0 Å². The molecule has 1 aromatic rings. The van der Waals surface area contributed by atoms with Crippen LogP contribution in [0.25, 0.3) is 0 Å². The molecule has 0 atom stereocenters. The van der Waals surface area contributed by atoms with Crippen LogP contribution in [-0.4, -0.2) is 9.78 Å². The quantitative estimate of drug-likeness (QED) is 0.714. The van der Waals surface area contributed by atoms with Crippen LogP contribution in [0.1, 0.15) is 44.2 Å². The van der Waals surface area contributed by atoms with Crippen molar-refractivity contribution in [2.45, 2.75) is 45.1 Å². The van der Waals surface area contributed by atoms with Gasteiger partial charge in [-0.05, 0) is 25.8 Å². The third-order valence-electron chi connectivity index (χ3n) is 2.82. The van der Waals surface area contributed by atoms with Gasteiger partial charge in [0.2, 0.25) is 0 Å². The van der Waals surface area contributed by atoms with Gasteiger partial charge in [0.25, 0.3) is 0 Å². The zero-order valence-corrected chi connectivity index (χ0v) is 8.72. The second kappa shape index (κ2) is 3.70. The molecule has 0 bridgehead atoms. The maximum Gasteiger partial charge on any atom is 0.127 e. The summed E-state index contributed by atoms with van der Waals surface area (Å²) in [7, 11) is 0. The first-order valence-electron chi connectivity index (χ1n) is 5.04. The first kappa shape index (κ1) is 9.07. The number of hydrogen-bond donors (Lipinski definition) is 0. The molecular formula is C10H15ClN2. The van der Waals surface area contributed by atoms with Gasteiger partial charge in [-0.3, -0.25) is 4.68 Å². The number of rotatable bonds is 2. The molecule has 1 fully saturated rings. The minimum atomic E-state index is 0.672. The Balaban J connectivity index is 2.20. The Morgan fingerprint density at radius 2 is 2.23 bits per heavy atom. The zero-order chi connectivity index (χ0) is 9.26. The summed E-state index contributed by atoms with van der Waals surface area (Å²) in [4.78, 5) is 0. The molecule has 2 nitrogen and oxygen atoms in total. The van der Waals surface area contributed by atoms with Crippen molar-refractivity contribution in [3.63, 3.8) is 0 Å². The van der Waals surface area contributed by atoms with E-state index < -0.39 is 0 Å². The lowest BCUT2D eigenvalue weighted by atomic mass is 10.1. The molecule has 2 rings (SSSR count). The fourth-order valence-corrected chi connectivity index (χ4v) is 2.32. The van der Waals surface area contributed by atoms with Crippen molar-refractivity contribution < 1.29 is 0 Å². The van der Waals surface area contributed by atoms with Crippen LogP contribution < -0.4 is 0 Å². The molecule has 1 aliphatic rings. The van der Waals surface area contributed by atoms with E-state index in [-0.39, 0.29) is 0 Å². The van der Waals surface area contributed by atoms with E-state index in [0.29, 0.717) is 5.92 Å². The number of halogens is 1. The fraction of sp³-hybridized carbons (Fsp3) is 0.700. The molecule has 0 aliphatic heterocycles. The van der Waals surface area contributed by atoms with Gasteiger partial charge in [-0.1, -0.05) is 24.4 Å². The Labute approximate surface area is 83.9 Å². The summed E-state index contributed by atoms with van der Waals surface area (Å²) in [5.41, 5.74) is 1.20. The summed E-state index contributed by atoms with van der Waals surface area (Å²) in [6.45, 7) is 2.93. The molecule has 13 heavy (non-hydrogen) atoms. The maximum absolute atomic E-state index is 6.02. The molecule has 0 saturated heterocycles. The monoisotopic (exact) mass is 198 g/mol. The van der Waals surface area contributed by atoms with E-state index >= 15 is 0 Å². The third kappa shape index (κ3) is 1.73. The fourth-order valence-electron chi connectivity index (χ4n) is 2.06. The van der Waals surface area contributed by atoms with Gasteiger partial charge in [-0.15, -0.1) is 0 Å². The molecule has 0 aromatic carbocycles. The number of aromatic nitrogens is 2. The topological polar surface area (TPSA) is 17.8 Å². The molecule has 1 heterocycles. The van der Waals surface area contributed by atoms with Crippen LogP contribution in [-0.2, 0) is 6.54 Å². The van der Waals surface area contributed by atoms with Gasteiger partial charge in [-0.25, -0.2) is 0 Å². The minimum absolute atomic E-state index is 0.672. The van der Waals surface area contributed by atoms with Gasteiger partial charge in [0.1, 0.15) is 5.15 Å². The third-order valence-corrected chi connectivity index (χ3v) is 3.13. The lowest BCUT2D eigenvalue weighted by Crippen LogP contribution is -1.99. The van der Waals surface area contributed by atoms with Gasteiger partial charge in [0.05, 0.1) is 5.69 Å². The van der Waals surface area contributed by atoms with E-state index in [1.165, 1.54) is 31.4 Å². The van der Waals surface area contributed by atoms with Crippen molar-refractivity contribution in [1.29, 1.82) is 0 Å². The smallest absolute Gasteiger partial charge is 0.127 e. The van der Waals surface area contributed by atoms with Crippen LogP contribution in [0.3, 0.4) is 0 Å². The summed E-state index contributed by atoms with van der Waals surface area (Å²) >= 11 is 6.02. The van der Waals surface area contributed by atoms with Gasteiger partial charge < -0.3 is 0 Å². The normalized spacial score (nSPS) is 18.3. The lowest BCUT2D eigenvalue weighted by molar-refractivity contribution is 0.614. The highest BCUT2D eigenvalue weighted by Gasteiger charge is 2.20. The molecule has 0 radical (unpaired) electrons. The SMILES string of the molecule is CCn1nc(C2CCCC2)cc1Cl. The molecule has 1 saturated carbocycles. The Bertz CT molecular complexity index is 287. The van der Waals surface area contributed by atoms with Crippen LogP contribution in [0.2, 0.25) is 5.15 Å². The van der Waals surface area contributed by atoms with Crippen LogP contribution in [0, 0.1) is 0 Å². The highest BCUT2D eigenvalue weighted by molar-refractivity contribution is 6.29. The molecule has 0 spiro atoms. The number of nitrogens with zero attached hydrogens (tertiary/aromatic N) is 2. The van der Waals surface area contributed by atoms with Crippen molar-refractivity contribution >= 4 is 11.6 Å². The van der Waals surface area contributed by atoms with E-state index in [1.54, 1.807) is 0 Å². The van der Waals surface area contributed by atoms with Crippen molar-refractivity contribution in [3.8, 4) is 0 Å². The van der Waals surface area contributed by atoms with Gasteiger partial charge in [-0.2, -0.15) is 5.10 Å². The van der Waals surface area contributed by atoms with Crippen LogP contribution in [0.15, 0.2) is 6.07 Å². The average molecular weight is 199 g/mol. The zero-order valence-electron chi connectivity index (χ0n) is 7.96. The Kier molecular flexibility index (Phi) is 2.58. The van der Waals surface area contributed by atoms with Crippen molar-refractivity contribution in [3.05, 3.63) is 16.9 Å². The molecule has 1 aromatic heterocycles. The number of hydrogen-bond acceptors (Lipinski definition) is 1. The van der Waals surface area contributed by atoms with Crippen LogP contribution >= 0.6 is 11.6 Å². The molecule has 1 aliphatic carbocycles. The second-order valence-electron chi connectivity index (χ2n) is 3.69. The second-order valence-corrected chi connectivity index (χ2v) is 4.08.